The van der Waals surface area contributed by atoms with E-state index < -0.39 is 11.7 Å². The monoisotopic (exact) mass is 227 g/mol. The van der Waals surface area contributed by atoms with Crippen LogP contribution in [-0.4, -0.2) is 31.5 Å². The van der Waals surface area contributed by atoms with E-state index in [0.717, 1.165) is 0 Å². The molecule has 0 fully saturated rings. The molecule has 0 aliphatic heterocycles. The van der Waals surface area contributed by atoms with E-state index >= 15 is 0 Å². The Morgan fingerprint density at radius 1 is 1.44 bits per heavy atom. The van der Waals surface area contributed by atoms with E-state index in [1.165, 1.54) is 0 Å². The summed E-state index contributed by atoms with van der Waals surface area (Å²) in [7, 11) is 0. The molecule has 4 heteroatoms. The Kier molecular flexibility index (Phi) is 10.7. The second-order valence-corrected chi connectivity index (χ2v) is 3.79. The molecule has 0 aliphatic carbocycles. The highest BCUT2D eigenvalue weighted by molar-refractivity contribution is 5.67. The molecule has 0 spiro atoms. The molecule has 0 aromatic rings. The number of hydrogen-bond acceptors (Lipinski definition) is 3. The molecule has 0 unspecified atom stereocenters. The molecule has 0 bridgehead atoms. The van der Waals surface area contributed by atoms with E-state index in [4.69, 9.17) is 9.47 Å². The van der Waals surface area contributed by atoms with Crippen LogP contribution in [0.5, 0.6) is 0 Å². The van der Waals surface area contributed by atoms with Crippen molar-refractivity contribution in [3.8, 4) is 12.8 Å². The largest absolute Gasteiger partial charge is 0.444 e. The van der Waals surface area contributed by atoms with Crippen molar-refractivity contribution in [3.05, 3.63) is 12.7 Å². The van der Waals surface area contributed by atoms with Gasteiger partial charge in [-0.05, 0) is 20.8 Å². The Balaban J connectivity index is 0. The lowest BCUT2D eigenvalue weighted by molar-refractivity contribution is 0.0506. The Hall–Kier alpha value is -1.47. The maximum Gasteiger partial charge on any atom is 0.407 e. The van der Waals surface area contributed by atoms with Gasteiger partial charge < -0.3 is 14.8 Å². The highest BCUT2D eigenvalue weighted by Crippen LogP contribution is 2.05. The van der Waals surface area contributed by atoms with Crippen molar-refractivity contribution in [2.24, 2.45) is 0 Å². The summed E-state index contributed by atoms with van der Waals surface area (Å²) in [6.07, 6.45) is 9.24. The van der Waals surface area contributed by atoms with Crippen LogP contribution in [0, 0.1) is 12.8 Å². The first-order valence-corrected chi connectivity index (χ1v) is 4.94. The summed E-state index contributed by atoms with van der Waals surface area (Å²) in [5.41, 5.74) is -0.452. The fraction of sp³-hybridized carbons (Fsp3) is 0.583. The SMILES string of the molecule is C#C.C=CCOCCNC(=O)OC(C)(C)C. The summed E-state index contributed by atoms with van der Waals surface area (Å²) in [5, 5.41) is 2.58. The topological polar surface area (TPSA) is 47.6 Å². The van der Waals surface area contributed by atoms with Crippen LogP contribution in [0.3, 0.4) is 0 Å². The summed E-state index contributed by atoms with van der Waals surface area (Å²) in [4.78, 5) is 11.1. The van der Waals surface area contributed by atoms with Crippen LogP contribution in [0.1, 0.15) is 20.8 Å². The van der Waals surface area contributed by atoms with Crippen molar-refractivity contribution >= 4 is 6.09 Å². The van der Waals surface area contributed by atoms with Crippen molar-refractivity contribution in [1.82, 2.24) is 5.32 Å². The van der Waals surface area contributed by atoms with Crippen molar-refractivity contribution in [2.75, 3.05) is 19.8 Å². The summed E-state index contributed by atoms with van der Waals surface area (Å²) in [5.74, 6) is 0. The van der Waals surface area contributed by atoms with Gasteiger partial charge in [0.15, 0.2) is 0 Å². The number of carbonyl (C=O) groups is 1. The van der Waals surface area contributed by atoms with Crippen LogP contribution in [0.25, 0.3) is 0 Å². The Morgan fingerprint density at radius 2 is 2.00 bits per heavy atom. The number of terminal acetylenes is 1. The lowest BCUT2D eigenvalue weighted by atomic mass is 10.2. The van der Waals surface area contributed by atoms with Gasteiger partial charge in [-0.1, -0.05) is 6.08 Å². The van der Waals surface area contributed by atoms with E-state index in [1.54, 1.807) is 6.08 Å². The number of hydrogen-bond donors (Lipinski definition) is 1. The first-order valence-electron chi connectivity index (χ1n) is 4.94. The van der Waals surface area contributed by atoms with Gasteiger partial charge in [0.25, 0.3) is 0 Å². The van der Waals surface area contributed by atoms with Gasteiger partial charge in [-0.3, -0.25) is 0 Å². The molecule has 0 heterocycles. The molecule has 0 aromatic carbocycles. The van der Waals surface area contributed by atoms with Crippen LogP contribution in [0.15, 0.2) is 12.7 Å². The van der Waals surface area contributed by atoms with E-state index in [2.05, 4.69) is 24.7 Å². The normalized spacial score (nSPS) is 9.56. The standard InChI is InChI=1S/C10H19NO3.C2H2/c1-5-7-13-8-6-11-9(12)14-10(2,3)4;1-2/h5H,1,6-8H2,2-4H3,(H,11,12);1-2H. The predicted octanol–water partition coefficient (Wildman–Crippen LogP) is 1.96. The van der Waals surface area contributed by atoms with Gasteiger partial charge in [-0.15, -0.1) is 19.4 Å². The Labute approximate surface area is 98.0 Å². The number of rotatable bonds is 5. The van der Waals surface area contributed by atoms with Gasteiger partial charge >= 0.3 is 6.09 Å². The third-order valence-corrected chi connectivity index (χ3v) is 1.15. The van der Waals surface area contributed by atoms with E-state index in [-0.39, 0.29) is 0 Å². The van der Waals surface area contributed by atoms with E-state index in [0.29, 0.717) is 19.8 Å². The zero-order valence-corrected chi connectivity index (χ0v) is 10.3. The summed E-state index contributed by atoms with van der Waals surface area (Å²) < 4.78 is 10.1. The van der Waals surface area contributed by atoms with Gasteiger partial charge in [0, 0.05) is 6.54 Å². The molecule has 0 saturated heterocycles. The average molecular weight is 227 g/mol. The molecule has 4 nitrogen and oxygen atoms in total. The third-order valence-electron chi connectivity index (χ3n) is 1.15. The molecule has 1 amide bonds. The molecular formula is C12H21NO3. The second kappa shape index (κ2) is 10.1. The number of ether oxygens (including phenoxy) is 2. The zero-order valence-electron chi connectivity index (χ0n) is 10.3. The van der Waals surface area contributed by atoms with E-state index in [1.807, 2.05) is 20.8 Å². The van der Waals surface area contributed by atoms with Crippen molar-refractivity contribution in [2.45, 2.75) is 26.4 Å². The lowest BCUT2D eigenvalue weighted by Gasteiger charge is -2.19. The van der Waals surface area contributed by atoms with E-state index in [9.17, 15) is 4.79 Å². The van der Waals surface area contributed by atoms with Crippen LogP contribution >= 0.6 is 0 Å². The molecule has 92 valence electrons. The number of nitrogens with one attached hydrogen (secondary N) is 1. The van der Waals surface area contributed by atoms with Gasteiger partial charge in [-0.2, -0.15) is 0 Å². The highest BCUT2D eigenvalue weighted by atomic mass is 16.6. The zero-order chi connectivity index (χ0) is 13.0. The van der Waals surface area contributed by atoms with Gasteiger partial charge in [0.05, 0.1) is 13.2 Å². The fourth-order valence-corrected chi connectivity index (χ4v) is 0.706. The first-order chi connectivity index (χ1) is 7.45. The maximum atomic E-state index is 11.1. The van der Waals surface area contributed by atoms with Crippen molar-refractivity contribution < 1.29 is 14.3 Å². The molecular weight excluding hydrogens is 206 g/mol. The summed E-state index contributed by atoms with van der Waals surface area (Å²) in [6, 6.07) is 0. The molecule has 0 saturated carbocycles. The molecule has 16 heavy (non-hydrogen) atoms. The summed E-state index contributed by atoms with van der Waals surface area (Å²) >= 11 is 0. The number of amides is 1. The van der Waals surface area contributed by atoms with Gasteiger partial charge in [0.1, 0.15) is 5.60 Å². The van der Waals surface area contributed by atoms with Crippen LogP contribution in [-0.2, 0) is 9.47 Å². The third kappa shape index (κ3) is 15.0. The van der Waals surface area contributed by atoms with Crippen molar-refractivity contribution in [3.63, 3.8) is 0 Å². The summed E-state index contributed by atoms with van der Waals surface area (Å²) in [6.45, 7) is 10.4. The van der Waals surface area contributed by atoms with Crippen molar-refractivity contribution in [1.29, 1.82) is 0 Å². The number of alkyl carbamates (subject to hydrolysis) is 1. The minimum atomic E-state index is -0.452. The molecule has 0 aliphatic rings. The quantitative estimate of drug-likeness (QED) is 0.444. The minimum absolute atomic E-state index is 0.417. The molecule has 0 radical (unpaired) electrons. The Morgan fingerprint density at radius 3 is 2.44 bits per heavy atom. The highest BCUT2D eigenvalue weighted by Gasteiger charge is 2.15. The molecule has 0 rings (SSSR count). The Bertz CT molecular complexity index is 216. The molecule has 0 aromatic heterocycles. The predicted molar refractivity (Wildman–Crippen MR) is 65.1 cm³/mol. The fourth-order valence-electron chi connectivity index (χ4n) is 0.706. The molecule has 0 atom stereocenters. The first kappa shape index (κ1) is 16.9. The van der Waals surface area contributed by atoms with Crippen LogP contribution in [0.4, 0.5) is 4.79 Å². The lowest BCUT2D eigenvalue weighted by Crippen LogP contribution is -2.34. The van der Waals surface area contributed by atoms with Gasteiger partial charge in [0.2, 0.25) is 0 Å². The average Bonchev–Trinajstić information content (AvgIpc) is 2.18. The van der Waals surface area contributed by atoms with Crippen LogP contribution < -0.4 is 5.32 Å². The molecule has 1 N–H and O–H groups in total. The minimum Gasteiger partial charge on any atom is -0.444 e. The number of carbonyl (C=O) groups excluding carboxylic acids is 1. The smallest absolute Gasteiger partial charge is 0.407 e. The second-order valence-electron chi connectivity index (χ2n) is 3.79. The van der Waals surface area contributed by atoms with Crippen LogP contribution in [0.2, 0.25) is 0 Å². The maximum absolute atomic E-state index is 11.1. The van der Waals surface area contributed by atoms with Gasteiger partial charge in [-0.25, -0.2) is 4.79 Å².